The van der Waals surface area contributed by atoms with E-state index in [0.717, 1.165) is 5.56 Å². The number of nitriles is 1. The summed E-state index contributed by atoms with van der Waals surface area (Å²) >= 11 is 5.11. The van der Waals surface area contributed by atoms with E-state index in [0.29, 0.717) is 16.8 Å². The Labute approximate surface area is 128 Å². The summed E-state index contributed by atoms with van der Waals surface area (Å²) in [6.07, 6.45) is 0. The lowest BCUT2D eigenvalue weighted by Crippen LogP contribution is -2.34. The lowest BCUT2D eigenvalue weighted by Gasteiger charge is -2.11. The van der Waals surface area contributed by atoms with Crippen LogP contribution >= 0.6 is 12.2 Å². The lowest BCUT2D eigenvalue weighted by atomic mass is 10.1. The Morgan fingerprint density at radius 1 is 1.14 bits per heavy atom. The minimum Gasteiger partial charge on any atom is -0.331 e. The van der Waals surface area contributed by atoms with Gasteiger partial charge in [-0.1, -0.05) is 30.3 Å². The van der Waals surface area contributed by atoms with Crippen molar-refractivity contribution in [2.75, 3.05) is 5.32 Å². The predicted molar refractivity (Wildman–Crippen MR) is 86.0 cm³/mol. The minimum absolute atomic E-state index is 0.158. The molecule has 5 heteroatoms. The van der Waals surface area contributed by atoms with E-state index >= 15 is 0 Å². The molecule has 0 fully saturated rings. The van der Waals surface area contributed by atoms with Crippen LogP contribution in [-0.2, 0) is 0 Å². The van der Waals surface area contributed by atoms with Crippen LogP contribution in [0.5, 0.6) is 0 Å². The molecule has 0 atom stereocenters. The highest BCUT2D eigenvalue weighted by Crippen LogP contribution is 2.13. The van der Waals surface area contributed by atoms with Gasteiger partial charge in [-0.2, -0.15) is 5.26 Å². The van der Waals surface area contributed by atoms with Crippen molar-refractivity contribution in [2.24, 2.45) is 0 Å². The van der Waals surface area contributed by atoms with Crippen molar-refractivity contribution < 1.29 is 4.79 Å². The molecule has 2 rings (SSSR count). The molecule has 0 heterocycles. The molecule has 21 heavy (non-hydrogen) atoms. The van der Waals surface area contributed by atoms with Crippen molar-refractivity contribution >= 4 is 28.9 Å². The topological polar surface area (TPSA) is 64.9 Å². The summed E-state index contributed by atoms with van der Waals surface area (Å²) in [5.74, 6) is -0.278. The normalized spacial score (nSPS) is 9.52. The fraction of sp³-hybridized carbons (Fsp3) is 0.0625. The fourth-order valence-electron chi connectivity index (χ4n) is 1.84. The van der Waals surface area contributed by atoms with E-state index in [1.165, 1.54) is 0 Å². The maximum absolute atomic E-state index is 12.1. The van der Waals surface area contributed by atoms with Crippen LogP contribution in [-0.4, -0.2) is 11.0 Å². The molecule has 0 aliphatic rings. The quantitative estimate of drug-likeness (QED) is 0.836. The van der Waals surface area contributed by atoms with Crippen LogP contribution in [0.2, 0.25) is 0 Å². The number of para-hydroxylation sites is 1. The first-order valence-electron chi connectivity index (χ1n) is 6.29. The molecule has 0 bridgehead atoms. The summed E-state index contributed by atoms with van der Waals surface area (Å²) in [7, 11) is 0. The molecule has 0 saturated carbocycles. The Morgan fingerprint density at radius 2 is 1.81 bits per heavy atom. The second-order valence-corrected chi connectivity index (χ2v) is 4.79. The zero-order chi connectivity index (χ0) is 15.2. The molecule has 0 radical (unpaired) electrons. The molecule has 0 spiro atoms. The molecule has 0 aliphatic heterocycles. The van der Waals surface area contributed by atoms with Crippen molar-refractivity contribution in [3.8, 4) is 6.07 Å². The van der Waals surface area contributed by atoms with Gasteiger partial charge in [0, 0.05) is 5.56 Å². The third-order valence-electron chi connectivity index (χ3n) is 2.91. The van der Waals surface area contributed by atoms with Gasteiger partial charge in [0.25, 0.3) is 5.91 Å². The van der Waals surface area contributed by atoms with Gasteiger partial charge in [0.15, 0.2) is 5.11 Å². The third kappa shape index (κ3) is 3.65. The van der Waals surface area contributed by atoms with Gasteiger partial charge in [-0.05, 0) is 42.9 Å². The number of carbonyl (C=O) groups excluding carboxylic acids is 1. The van der Waals surface area contributed by atoms with Gasteiger partial charge in [-0.15, -0.1) is 0 Å². The average molecular weight is 295 g/mol. The lowest BCUT2D eigenvalue weighted by molar-refractivity contribution is 0.0977. The highest BCUT2D eigenvalue weighted by molar-refractivity contribution is 7.80. The molecule has 2 N–H and O–H groups in total. The number of nitrogens with zero attached hydrogens (tertiary/aromatic N) is 1. The van der Waals surface area contributed by atoms with E-state index in [1.54, 1.807) is 36.4 Å². The Hall–Kier alpha value is -2.71. The maximum Gasteiger partial charge on any atom is 0.257 e. The van der Waals surface area contributed by atoms with E-state index in [1.807, 2.05) is 19.1 Å². The van der Waals surface area contributed by atoms with Crippen molar-refractivity contribution in [2.45, 2.75) is 6.92 Å². The van der Waals surface area contributed by atoms with Crippen molar-refractivity contribution in [1.82, 2.24) is 5.32 Å². The number of aryl methyl sites for hydroxylation is 1. The van der Waals surface area contributed by atoms with Gasteiger partial charge < -0.3 is 5.32 Å². The summed E-state index contributed by atoms with van der Waals surface area (Å²) in [5, 5.41) is 14.6. The van der Waals surface area contributed by atoms with Crippen LogP contribution in [0.4, 0.5) is 5.69 Å². The number of carbonyl (C=O) groups is 1. The van der Waals surface area contributed by atoms with Crippen molar-refractivity contribution in [3.05, 3.63) is 65.2 Å². The summed E-state index contributed by atoms with van der Waals surface area (Å²) in [6, 6.07) is 16.3. The van der Waals surface area contributed by atoms with Crippen LogP contribution in [0.25, 0.3) is 0 Å². The monoisotopic (exact) mass is 295 g/mol. The second-order valence-electron chi connectivity index (χ2n) is 4.38. The minimum atomic E-state index is -0.278. The Morgan fingerprint density at radius 3 is 2.52 bits per heavy atom. The number of amides is 1. The number of thiocarbonyl (C=S) groups is 1. The highest BCUT2D eigenvalue weighted by atomic mass is 32.1. The number of nitrogens with one attached hydrogen (secondary N) is 2. The SMILES string of the molecule is Cc1ccccc1C(=O)NC(=S)Nc1ccccc1C#N. The smallest absolute Gasteiger partial charge is 0.257 e. The van der Waals surface area contributed by atoms with Crippen LogP contribution in [0, 0.1) is 18.3 Å². The van der Waals surface area contributed by atoms with Crippen molar-refractivity contribution in [1.29, 1.82) is 5.26 Å². The first-order chi connectivity index (χ1) is 10.1. The molecule has 4 nitrogen and oxygen atoms in total. The molecule has 1 amide bonds. The molecule has 104 valence electrons. The molecule has 0 aromatic heterocycles. The number of anilines is 1. The standard InChI is InChI=1S/C16H13N3OS/c1-11-6-2-4-8-13(11)15(20)19-16(21)18-14-9-5-3-7-12(14)10-17/h2-9H,1H3,(H2,18,19,20,21). The van der Waals surface area contributed by atoms with E-state index in [9.17, 15) is 4.79 Å². The maximum atomic E-state index is 12.1. The molecule has 0 aliphatic carbocycles. The number of hydrogen-bond donors (Lipinski definition) is 2. The molecule has 0 saturated heterocycles. The Kier molecular flexibility index (Phi) is 4.64. The van der Waals surface area contributed by atoms with Crippen LogP contribution in [0.15, 0.2) is 48.5 Å². The molecule has 2 aromatic rings. The van der Waals surface area contributed by atoms with Crippen LogP contribution in [0.1, 0.15) is 21.5 Å². The van der Waals surface area contributed by atoms with Gasteiger partial charge in [0.05, 0.1) is 11.3 Å². The average Bonchev–Trinajstić information content (AvgIpc) is 2.48. The summed E-state index contributed by atoms with van der Waals surface area (Å²) in [4.78, 5) is 12.1. The highest BCUT2D eigenvalue weighted by Gasteiger charge is 2.10. The molecular formula is C16H13N3OS. The summed E-state index contributed by atoms with van der Waals surface area (Å²) in [6.45, 7) is 1.86. The number of rotatable bonds is 2. The van der Waals surface area contributed by atoms with Gasteiger partial charge in [-0.25, -0.2) is 0 Å². The van der Waals surface area contributed by atoms with Gasteiger partial charge in [-0.3, -0.25) is 10.1 Å². The molecular weight excluding hydrogens is 282 g/mol. The van der Waals surface area contributed by atoms with Crippen LogP contribution < -0.4 is 10.6 Å². The zero-order valence-electron chi connectivity index (χ0n) is 11.4. The van der Waals surface area contributed by atoms with E-state index in [-0.39, 0.29) is 11.0 Å². The van der Waals surface area contributed by atoms with E-state index < -0.39 is 0 Å². The summed E-state index contributed by atoms with van der Waals surface area (Å²) < 4.78 is 0. The molecule has 2 aromatic carbocycles. The van der Waals surface area contributed by atoms with Crippen molar-refractivity contribution in [3.63, 3.8) is 0 Å². The van der Waals surface area contributed by atoms with Gasteiger partial charge in [0.2, 0.25) is 0 Å². The second kappa shape index (κ2) is 6.64. The first-order valence-corrected chi connectivity index (χ1v) is 6.69. The van der Waals surface area contributed by atoms with Crippen LogP contribution in [0.3, 0.4) is 0 Å². The van der Waals surface area contributed by atoms with Gasteiger partial charge in [0.1, 0.15) is 6.07 Å². The third-order valence-corrected chi connectivity index (χ3v) is 3.12. The number of hydrogen-bond acceptors (Lipinski definition) is 3. The van der Waals surface area contributed by atoms with E-state index in [4.69, 9.17) is 17.5 Å². The fourth-order valence-corrected chi connectivity index (χ4v) is 2.04. The largest absolute Gasteiger partial charge is 0.331 e. The van der Waals surface area contributed by atoms with Gasteiger partial charge >= 0.3 is 0 Å². The summed E-state index contributed by atoms with van der Waals surface area (Å²) in [5.41, 5.74) is 2.46. The van der Waals surface area contributed by atoms with E-state index in [2.05, 4.69) is 16.7 Å². The first kappa shape index (κ1) is 14.7. The Bertz CT molecular complexity index is 734. The predicted octanol–water partition coefficient (Wildman–Crippen LogP) is 2.99. The zero-order valence-corrected chi connectivity index (χ0v) is 12.2. The Balaban J connectivity index is 2.08. The number of benzene rings is 2. The molecule has 0 unspecified atom stereocenters.